The van der Waals surface area contributed by atoms with Crippen molar-refractivity contribution in [2.24, 2.45) is 4.99 Å². The number of aliphatic imine (C=N–C) groups is 1. The fourth-order valence-corrected chi connectivity index (χ4v) is 3.71. The summed E-state index contributed by atoms with van der Waals surface area (Å²) in [6.45, 7) is 1.86. The van der Waals surface area contributed by atoms with Gasteiger partial charge in [-0.05, 0) is 49.6 Å². The Hall–Kier alpha value is -1.68. The SMILES string of the molecule is CS(=O)(=O)c1ccc(F)c(CN=C(Nc2ccccc2)N2CCCCC2)c1.I. The van der Waals surface area contributed by atoms with Crippen molar-refractivity contribution in [1.82, 2.24) is 4.90 Å². The van der Waals surface area contributed by atoms with E-state index in [9.17, 15) is 12.8 Å². The molecule has 1 fully saturated rings. The lowest BCUT2D eigenvalue weighted by Crippen LogP contribution is -2.40. The highest BCUT2D eigenvalue weighted by molar-refractivity contribution is 14.0. The van der Waals surface area contributed by atoms with E-state index in [0.717, 1.165) is 37.9 Å². The summed E-state index contributed by atoms with van der Waals surface area (Å²) in [5.74, 6) is 0.230. The Balaban J connectivity index is 0.00000280. The van der Waals surface area contributed by atoms with Crippen LogP contribution in [0.25, 0.3) is 0 Å². The molecule has 0 bridgehead atoms. The molecule has 0 radical (unpaired) electrons. The van der Waals surface area contributed by atoms with Gasteiger partial charge in [0.1, 0.15) is 5.82 Å². The number of halogens is 2. The van der Waals surface area contributed by atoms with Gasteiger partial charge in [-0.25, -0.2) is 17.8 Å². The van der Waals surface area contributed by atoms with Gasteiger partial charge in [0.05, 0.1) is 11.4 Å². The standard InChI is InChI=1S/C20H24FN3O2S.HI/c1-27(25,26)18-10-11-19(21)16(14-18)15-22-20(24-12-6-3-7-13-24)23-17-8-4-2-5-9-17;/h2,4-5,8-11,14H,3,6-7,12-13,15H2,1H3,(H,22,23);1H. The smallest absolute Gasteiger partial charge is 0.198 e. The maximum atomic E-state index is 14.2. The molecule has 0 spiro atoms. The lowest BCUT2D eigenvalue weighted by Gasteiger charge is -2.30. The normalized spacial score (nSPS) is 15.1. The van der Waals surface area contributed by atoms with Gasteiger partial charge in [0, 0.05) is 30.6 Å². The molecule has 0 atom stereocenters. The number of hydrogen-bond acceptors (Lipinski definition) is 3. The summed E-state index contributed by atoms with van der Waals surface area (Å²) in [5.41, 5.74) is 1.18. The molecule has 1 saturated heterocycles. The van der Waals surface area contributed by atoms with Gasteiger partial charge in [-0.15, -0.1) is 24.0 Å². The van der Waals surface area contributed by atoms with Crippen molar-refractivity contribution in [2.45, 2.75) is 30.7 Å². The molecule has 1 aliphatic rings. The van der Waals surface area contributed by atoms with E-state index in [1.165, 1.54) is 24.6 Å². The van der Waals surface area contributed by atoms with Crippen molar-refractivity contribution in [3.05, 3.63) is 59.9 Å². The second kappa shape index (κ2) is 10.2. The zero-order valence-corrected chi connectivity index (χ0v) is 18.9. The highest BCUT2D eigenvalue weighted by Gasteiger charge is 2.16. The maximum absolute atomic E-state index is 14.2. The topological polar surface area (TPSA) is 61.8 Å². The van der Waals surface area contributed by atoms with Gasteiger partial charge in [0.15, 0.2) is 15.8 Å². The van der Waals surface area contributed by atoms with E-state index in [0.29, 0.717) is 5.96 Å². The van der Waals surface area contributed by atoms with Gasteiger partial charge in [0.25, 0.3) is 0 Å². The van der Waals surface area contributed by atoms with Crippen LogP contribution in [-0.2, 0) is 16.4 Å². The number of hydrogen-bond donors (Lipinski definition) is 1. The predicted octanol–water partition coefficient (Wildman–Crippen LogP) is 4.30. The minimum Gasteiger partial charge on any atom is -0.343 e. The Kier molecular flexibility index (Phi) is 8.23. The Morgan fingerprint density at radius 3 is 2.43 bits per heavy atom. The van der Waals surface area contributed by atoms with Crippen molar-refractivity contribution in [3.63, 3.8) is 0 Å². The van der Waals surface area contributed by atoms with Crippen molar-refractivity contribution in [3.8, 4) is 0 Å². The Bertz CT molecular complexity index is 914. The predicted molar refractivity (Wildman–Crippen MR) is 122 cm³/mol. The fraction of sp³-hybridized carbons (Fsp3) is 0.350. The summed E-state index contributed by atoms with van der Waals surface area (Å²) in [6.07, 6.45) is 4.49. The highest BCUT2D eigenvalue weighted by Crippen LogP contribution is 2.18. The van der Waals surface area contributed by atoms with Gasteiger partial charge in [-0.3, -0.25) is 0 Å². The molecule has 2 aromatic rings. The van der Waals surface area contributed by atoms with Crippen LogP contribution in [0.3, 0.4) is 0 Å². The van der Waals surface area contributed by atoms with Crippen LogP contribution in [0.2, 0.25) is 0 Å². The van der Waals surface area contributed by atoms with Gasteiger partial charge in [0.2, 0.25) is 0 Å². The molecule has 0 aliphatic carbocycles. The Labute approximate surface area is 183 Å². The number of likely N-dealkylation sites (tertiary alicyclic amines) is 1. The molecular weight excluding hydrogens is 492 g/mol. The Morgan fingerprint density at radius 1 is 1.11 bits per heavy atom. The van der Waals surface area contributed by atoms with E-state index in [1.54, 1.807) is 0 Å². The van der Waals surface area contributed by atoms with E-state index < -0.39 is 15.7 Å². The van der Waals surface area contributed by atoms with Gasteiger partial charge < -0.3 is 10.2 Å². The molecule has 3 rings (SSSR count). The number of piperidine rings is 1. The average Bonchev–Trinajstić information content (AvgIpc) is 2.67. The van der Waals surface area contributed by atoms with Crippen molar-refractivity contribution in [2.75, 3.05) is 24.7 Å². The number of guanidine groups is 1. The summed E-state index contributed by atoms with van der Waals surface area (Å²) in [6, 6.07) is 13.5. The number of nitrogens with one attached hydrogen (secondary N) is 1. The first-order chi connectivity index (χ1) is 12.9. The highest BCUT2D eigenvalue weighted by atomic mass is 127. The van der Waals surface area contributed by atoms with Crippen molar-refractivity contribution >= 4 is 45.5 Å². The summed E-state index contributed by atoms with van der Waals surface area (Å²) in [7, 11) is -3.39. The van der Waals surface area contributed by atoms with Crippen LogP contribution in [-0.4, -0.2) is 38.6 Å². The Morgan fingerprint density at radius 2 is 1.79 bits per heavy atom. The summed E-state index contributed by atoms with van der Waals surface area (Å²) >= 11 is 0. The molecule has 28 heavy (non-hydrogen) atoms. The number of para-hydroxylation sites is 1. The lowest BCUT2D eigenvalue weighted by atomic mass is 10.1. The van der Waals surface area contributed by atoms with Crippen LogP contribution in [0.15, 0.2) is 58.4 Å². The van der Waals surface area contributed by atoms with Crippen LogP contribution >= 0.6 is 24.0 Å². The molecular formula is C20H25FIN3O2S. The average molecular weight is 517 g/mol. The van der Waals surface area contributed by atoms with E-state index in [4.69, 9.17) is 0 Å². The molecule has 1 aliphatic heterocycles. The van der Waals surface area contributed by atoms with Crippen LogP contribution < -0.4 is 5.32 Å². The van der Waals surface area contributed by atoms with Gasteiger partial charge in [-0.2, -0.15) is 0 Å². The largest absolute Gasteiger partial charge is 0.343 e. The first kappa shape index (κ1) is 22.6. The van der Waals surface area contributed by atoms with E-state index in [1.807, 2.05) is 30.3 Å². The third-order valence-corrected chi connectivity index (χ3v) is 5.64. The van der Waals surface area contributed by atoms with E-state index >= 15 is 0 Å². The van der Waals surface area contributed by atoms with Crippen molar-refractivity contribution in [1.29, 1.82) is 0 Å². The zero-order valence-electron chi connectivity index (χ0n) is 15.8. The second-order valence-electron chi connectivity index (χ2n) is 6.70. The molecule has 0 unspecified atom stereocenters. The molecule has 5 nitrogen and oxygen atoms in total. The quantitative estimate of drug-likeness (QED) is 0.285. The minimum atomic E-state index is -3.39. The van der Waals surface area contributed by atoms with Gasteiger partial charge >= 0.3 is 0 Å². The number of nitrogens with zero attached hydrogens (tertiary/aromatic N) is 2. The third kappa shape index (κ3) is 6.16. The third-order valence-electron chi connectivity index (χ3n) is 4.53. The molecule has 152 valence electrons. The van der Waals surface area contributed by atoms with Crippen LogP contribution in [0.5, 0.6) is 0 Å². The molecule has 0 aromatic heterocycles. The van der Waals surface area contributed by atoms with Crippen LogP contribution in [0, 0.1) is 5.82 Å². The number of rotatable bonds is 4. The van der Waals surface area contributed by atoms with E-state index in [2.05, 4.69) is 15.2 Å². The summed E-state index contributed by atoms with van der Waals surface area (Å²) in [5, 5.41) is 3.32. The molecule has 2 aromatic carbocycles. The minimum absolute atomic E-state index is 0. The van der Waals surface area contributed by atoms with Gasteiger partial charge in [-0.1, -0.05) is 18.2 Å². The number of anilines is 1. The van der Waals surface area contributed by atoms with Crippen LogP contribution in [0.4, 0.5) is 10.1 Å². The summed E-state index contributed by atoms with van der Waals surface area (Å²) in [4.78, 5) is 6.86. The molecule has 8 heteroatoms. The molecule has 0 saturated carbocycles. The fourth-order valence-electron chi connectivity index (χ4n) is 3.04. The second-order valence-corrected chi connectivity index (χ2v) is 8.72. The summed E-state index contributed by atoms with van der Waals surface area (Å²) < 4.78 is 37.7. The zero-order chi connectivity index (χ0) is 19.3. The maximum Gasteiger partial charge on any atom is 0.198 e. The van der Waals surface area contributed by atoms with Crippen LogP contribution in [0.1, 0.15) is 24.8 Å². The first-order valence-corrected chi connectivity index (χ1v) is 10.9. The lowest BCUT2D eigenvalue weighted by molar-refractivity contribution is 0.340. The van der Waals surface area contributed by atoms with E-state index in [-0.39, 0.29) is 41.0 Å². The van der Waals surface area contributed by atoms with Crippen molar-refractivity contribution < 1.29 is 12.8 Å². The number of sulfone groups is 1. The first-order valence-electron chi connectivity index (χ1n) is 9.03. The molecule has 1 heterocycles. The monoisotopic (exact) mass is 517 g/mol. The number of benzene rings is 2. The molecule has 0 amide bonds. The molecule has 1 N–H and O–H groups in total.